The normalized spacial score (nSPS) is 14.1. The SMILES string of the molecule is O=C(O)C(CC(F)(F)F)c1cc(OCC(F)(F)F)c(-c2ccc(C(F)(F)F)cc2)c(C(F)(F)F)c1. The molecule has 0 spiro atoms. The highest BCUT2D eigenvalue weighted by molar-refractivity contribution is 5.80. The Morgan fingerprint density at radius 3 is 1.74 bits per heavy atom. The molecule has 35 heavy (non-hydrogen) atoms. The van der Waals surface area contributed by atoms with Gasteiger partial charge >= 0.3 is 30.7 Å². The molecule has 0 bridgehead atoms. The minimum absolute atomic E-state index is 0.0159. The van der Waals surface area contributed by atoms with Gasteiger partial charge in [0.25, 0.3) is 0 Å². The minimum Gasteiger partial charge on any atom is -0.483 e. The lowest BCUT2D eigenvalue weighted by Crippen LogP contribution is -2.23. The number of rotatable bonds is 6. The van der Waals surface area contributed by atoms with Crippen LogP contribution < -0.4 is 4.74 Å². The van der Waals surface area contributed by atoms with Crippen LogP contribution in [-0.2, 0) is 17.1 Å². The van der Waals surface area contributed by atoms with Crippen LogP contribution >= 0.6 is 0 Å². The third-order valence-electron chi connectivity index (χ3n) is 4.46. The Bertz CT molecular complexity index is 1050. The second-order valence-corrected chi connectivity index (χ2v) is 7.13. The number of ether oxygens (including phenoxy) is 1. The molecular weight excluding hydrogens is 516 g/mol. The summed E-state index contributed by atoms with van der Waals surface area (Å²) in [4.78, 5) is 11.3. The molecule has 0 saturated heterocycles. The van der Waals surface area contributed by atoms with Gasteiger partial charge in [-0.3, -0.25) is 4.79 Å². The third kappa shape index (κ3) is 7.68. The van der Waals surface area contributed by atoms with Crippen molar-refractivity contribution in [3.8, 4) is 16.9 Å². The molecule has 2 aromatic carbocycles. The molecule has 0 saturated carbocycles. The maximum atomic E-state index is 13.8. The monoisotopic (exact) mass is 528 g/mol. The molecule has 1 unspecified atom stereocenters. The predicted octanol–water partition coefficient (Wildman–Crippen LogP) is 7.45. The first kappa shape index (κ1) is 28.1. The van der Waals surface area contributed by atoms with Crippen molar-refractivity contribution in [1.82, 2.24) is 0 Å². The summed E-state index contributed by atoms with van der Waals surface area (Å²) in [6.07, 6.45) is -22.9. The summed E-state index contributed by atoms with van der Waals surface area (Å²) >= 11 is 0. The second kappa shape index (κ2) is 9.49. The van der Waals surface area contributed by atoms with Gasteiger partial charge in [-0.05, 0) is 35.4 Å². The topological polar surface area (TPSA) is 46.5 Å². The summed E-state index contributed by atoms with van der Waals surface area (Å²) in [5.74, 6) is -6.19. The number of alkyl halides is 12. The van der Waals surface area contributed by atoms with E-state index in [4.69, 9.17) is 5.11 Å². The lowest BCUT2D eigenvalue weighted by molar-refractivity contribution is -0.157. The van der Waals surface area contributed by atoms with Crippen molar-refractivity contribution < 1.29 is 67.3 Å². The number of carbonyl (C=O) groups is 1. The summed E-state index contributed by atoms with van der Waals surface area (Å²) in [5, 5.41) is 9.12. The molecule has 3 nitrogen and oxygen atoms in total. The van der Waals surface area contributed by atoms with Crippen LogP contribution in [0.2, 0.25) is 0 Å². The van der Waals surface area contributed by atoms with E-state index in [1.165, 1.54) is 0 Å². The van der Waals surface area contributed by atoms with E-state index in [2.05, 4.69) is 4.74 Å². The number of hydrogen-bond acceptors (Lipinski definition) is 2. The number of aliphatic carboxylic acids is 1. The maximum Gasteiger partial charge on any atom is 0.422 e. The Kier molecular flexibility index (Phi) is 7.62. The molecule has 0 aliphatic rings. The van der Waals surface area contributed by atoms with Crippen LogP contribution in [0.15, 0.2) is 36.4 Å². The third-order valence-corrected chi connectivity index (χ3v) is 4.46. The molecular formula is C20H12F12O3. The zero-order valence-corrected chi connectivity index (χ0v) is 16.8. The first-order valence-corrected chi connectivity index (χ1v) is 9.11. The van der Waals surface area contributed by atoms with E-state index in [9.17, 15) is 57.5 Å². The van der Waals surface area contributed by atoms with Gasteiger partial charge in [0, 0.05) is 5.56 Å². The molecule has 0 fully saturated rings. The van der Waals surface area contributed by atoms with Gasteiger partial charge in [-0.25, -0.2) is 0 Å². The van der Waals surface area contributed by atoms with Gasteiger partial charge in [0.1, 0.15) is 5.75 Å². The Labute approximate surface area is 187 Å². The lowest BCUT2D eigenvalue weighted by Gasteiger charge is -2.23. The van der Waals surface area contributed by atoms with E-state index in [1.807, 2.05) is 0 Å². The average molecular weight is 528 g/mol. The molecule has 194 valence electrons. The summed E-state index contributed by atoms with van der Waals surface area (Å²) in [5.41, 5.74) is -6.30. The van der Waals surface area contributed by atoms with Gasteiger partial charge in [-0.2, -0.15) is 52.7 Å². The number of carboxylic acids is 1. The molecule has 0 heterocycles. The molecule has 1 N–H and O–H groups in total. The van der Waals surface area contributed by atoms with Gasteiger partial charge in [0.2, 0.25) is 0 Å². The van der Waals surface area contributed by atoms with E-state index in [0.717, 1.165) is 0 Å². The van der Waals surface area contributed by atoms with E-state index in [0.29, 0.717) is 24.3 Å². The molecule has 0 aliphatic carbocycles. The molecule has 0 aliphatic heterocycles. The van der Waals surface area contributed by atoms with Crippen molar-refractivity contribution in [1.29, 1.82) is 0 Å². The number of halogens is 12. The van der Waals surface area contributed by atoms with Crippen molar-refractivity contribution in [2.45, 2.75) is 37.0 Å². The summed E-state index contributed by atoms with van der Waals surface area (Å²) < 4.78 is 161. The van der Waals surface area contributed by atoms with E-state index in [-0.39, 0.29) is 12.1 Å². The smallest absolute Gasteiger partial charge is 0.422 e. The highest BCUT2D eigenvalue weighted by Crippen LogP contribution is 2.46. The Morgan fingerprint density at radius 1 is 0.800 bits per heavy atom. The number of benzene rings is 2. The van der Waals surface area contributed by atoms with Crippen LogP contribution in [0.4, 0.5) is 52.7 Å². The molecule has 2 aromatic rings. The zero-order valence-electron chi connectivity index (χ0n) is 16.8. The van der Waals surface area contributed by atoms with Crippen molar-refractivity contribution in [2.75, 3.05) is 6.61 Å². The van der Waals surface area contributed by atoms with Crippen molar-refractivity contribution >= 4 is 5.97 Å². The summed E-state index contributed by atoms with van der Waals surface area (Å²) in [6.45, 7) is -2.22. The standard InChI is InChI=1S/C20H12F12O3/c21-17(22,23)7-12(16(33)34)10-5-13(20(30,31)32)15(14(6-10)35-8-18(24,25)26)9-1-3-11(4-2-9)19(27,28)29/h1-6,12H,7-8H2,(H,33,34). The van der Waals surface area contributed by atoms with Crippen molar-refractivity contribution in [3.63, 3.8) is 0 Å². The lowest BCUT2D eigenvalue weighted by atomic mass is 9.89. The van der Waals surface area contributed by atoms with Gasteiger partial charge < -0.3 is 9.84 Å². The molecule has 1 atom stereocenters. The van der Waals surface area contributed by atoms with E-state index < -0.39 is 83.2 Å². The van der Waals surface area contributed by atoms with Gasteiger partial charge in [0.15, 0.2) is 6.61 Å². The van der Waals surface area contributed by atoms with Crippen molar-refractivity contribution in [2.24, 2.45) is 0 Å². The van der Waals surface area contributed by atoms with Gasteiger partial charge in [-0.15, -0.1) is 0 Å². The highest BCUT2D eigenvalue weighted by atomic mass is 19.4. The largest absolute Gasteiger partial charge is 0.483 e. The fraction of sp³-hybridized carbons (Fsp3) is 0.350. The first-order chi connectivity index (χ1) is 15.7. The maximum absolute atomic E-state index is 13.8. The van der Waals surface area contributed by atoms with Crippen molar-refractivity contribution in [3.05, 3.63) is 53.1 Å². The van der Waals surface area contributed by atoms with Crippen LogP contribution in [0, 0.1) is 0 Å². The summed E-state index contributed by atoms with van der Waals surface area (Å²) in [7, 11) is 0. The molecule has 2 rings (SSSR count). The molecule has 15 heteroatoms. The number of carboxylic acid groups (broad SMARTS) is 1. The Balaban J connectivity index is 2.83. The van der Waals surface area contributed by atoms with Crippen LogP contribution in [-0.4, -0.2) is 30.0 Å². The van der Waals surface area contributed by atoms with E-state index >= 15 is 0 Å². The second-order valence-electron chi connectivity index (χ2n) is 7.13. The molecule has 0 radical (unpaired) electrons. The highest BCUT2D eigenvalue weighted by Gasteiger charge is 2.41. The van der Waals surface area contributed by atoms with Crippen LogP contribution in [0.1, 0.15) is 29.0 Å². The van der Waals surface area contributed by atoms with Gasteiger partial charge in [0.05, 0.1) is 23.5 Å². The van der Waals surface area contributed by atoms with Crippen LogP contribution in [0.5, 0.6) is 5.75 Å². The van der Waals surface area contributed by atoms with Gasteiger partial charge in [-0.1, -0.05) is 12.1 Å². The average Bonchev–Trinajstić information content (AvgIpc) is 2.67. The number of hydrogen-bond donors (Lipinski definition) is 1. The minimum atomic E-state index is -5.48. The van der Waals surface area contributed by atoms with Crippen LogP contribution in [0.25, 0.3) is 11.1 Å². The predicted molar refractivity (Wildman–Crippen MR) is 94.5 cm³/mol. The quantitative estimate of drug-likeness (QED) is 0.396. The summed E-state index contributed by atoms with van der Waals surface area (Å²) in [6, 6.07) is 1.91. The molecule has 0 amide bonds. The fourth-order valence-corrected chi connectivity index (χ4v) is 3.04. The fourth-order valence-electron chi connectivity index (χ4n) is 3.04. The van der Waals surface area contributed by atoms with E-state index in [1.54, 1.807) is 0 Å². The first-order valence-electron chi connectivity index (χ1n) is 9.11. The molecule has 0 aromatic heterocycles. The zero-order chi connectivity index (χ0) is 27.0. The Morgan fingerprint density at radius 2 is 1.34 bits per heavy atom. The van der Waals surface area contributed by atoms with Crippen LogP contribution in [0.3, 0.4) is 0 Å². The Hall–Kier alpha value is -3.13.